The molecule has 0 saturated carbocycles. The largest absolute Gasteiger partial charge is 0.370 e. The zero-order valence-electron chi connectivity index (χ0n) is 8.17. The third kappa shape index (κ3) is 2.99. The summed E-state index contributed by atoms with van der Waals surface area (Å²) in [5, 5.41) is 3.20. The molecule has 0 radical (unpaired) electrons. The van der Waals surface area contributed by atoms with Crippen molar-refractivity contribution in [1.29, 1.82) is 0 Å². The van der Waals surface area contributed by atoms with Crippen LogP contribution in [0.1, 0.15) is 24.9 Å². The van der Waals surface area contributed by atoms with E-state index in [0.717, 1.165) is 30.3 Å². The summed E-state index contributed by atoms with van der Waals surface area (Å²) in [6.07, 6.45) is 1.08. The molecule has 0 atom stereocenters. The fourth-order valence-electron chi connectivity index (χ4n) is 1.08. The maximum absolute atomic E-state index is 5.50. The summed E-state index contributed by atoms with van der Waals surface area (Å²) in [6, 6.07) is 1.89. The average Bonchev–Trinajstić information content (AvgIpc) is 2.14. The van der Waals surface area contributed by atoms with Crippen LogP contribution in [0.25, 0.3) is 0 Å². The van der Waals surface area contributed by atoms with E-state index in [0.29, 0.717) is 6.54 Å². The normalized spacial score (nSPS) is 10.1. The summed E-state index contributed by atoms with van der Waals surface area (Å²) in [4.78, 5) is 8.43. The highest BCUT2D eigenvalue weighted by Gasteiger charge is 1.98. The fourth-order valence-corrected chi connectivity index (χ4v) is 1.08. The van der Waals surface area contributed by atoms with Crippen molar-refractivity contribution >= 4 is 5.82 Å². The van der Waals surface area contributed by atoms with Crippen LogP contribution in [0.3, 0.4) is 0 Å². The topological polar surface area (TPSA) is 63.8 Å². The molecule has 1 heterocycles. The van der Waals surface area contributed by atoms with Crippen molar-refractivity contribution in [2.24, 2.45) is 5.73 Å². The van der Waals surface area contributed by atoms with Crippen molar-refractivity contribution in [3.05, 3.63) is 17.6 Å². The van der Waals surface area contributed by atoms with Crippen molar-refractivity contribution < 1.29 is 0 Å². The van der Waals surface area contributed by atoms with Gasteiger partial charge in [0.25, 0.3) is 0 Å². The first kappa shape index (κ1) is 9.92. The predicted octanol–water partition coefficient (Wildman–Crippen LogP) is 1.07. The molecule has 13 heavy (non-hydrogen) atoms. The highest BCUT2D eigenvalue weighted by Crippen LogP contribution is 2.05. The van der Waals surface area contributed by atoms with E-state index in [1.54, 1.807) is 0 Å². The number of aryl methyl sites for hydroxylation is 1. The molecular formula is C9H16N4. The second kappa shape index (κ2) is 4.77. The Hall–Kier alpha value is -1.16. The Bertz CT molecular complexity index is 272. The molecule has 0 bridgehead atoms. The van der Waals surface area contributed by atoms with Gasteiger partial charge in [-0.1, -0.05) is 6.92 Å². The zero-order chi connectivity index (χ0) is 9.68. The average molecular weight is 180 g/mol. The minimum absolute atomic E-state index is 0.462. The monoisotopic (exact) mass is 180 g/mol. The van der Waals surface area contributed by atoms with Crippen LogP contribution < -0.4 is 11.1 Å². The Morgan fingerprint density at radius 2 is 2.23 bits per heavy atom. The molecule has 72 valence electrons. The number of hydrogen-bond acceptors (Lipinski definition) is 4. The summed E-state index contributed by atoms with van der Waals surface area (Å²) in [5.74, 6) is 1.64. The molecule has 1 rings (SSSR count). The van der Waals surface area contributed by atoms with Gasteiger partial charge in [0.1, 0.15) is 11.6 Å². The van der Waals surface area contributed by atoms with Crippen LogP contribution >= 0.6 is 0 Å². The number of aromatic nitrogens is 2. The van der Waals surface area contributed by atoms with E-state index < -0.39 is 0 Å². The van der Waals surface area contributed by atoms with Gasteiger partial charge in [-0.15, -0.1) is 0 Å². The third-order valence-corrected chi connectivity index (χ3v) is 1.66. The van der Waals surface area contributed by atoms with Crippen LogP contribution in [0.2, 0.25) is 0 Å². The van der Waals surface area contributed by atoms with Gasteiger partial charge in [0.05, 0.1) is 5.69 Å². The van der Waals surface area contributed by atoms with Crippen molar-refractivity contribution in [2.45, 2.75) is 26.8 Å². The molecule has 4 heteroatoms. The van der Waals surface area contributed by atoms with Crippen LogP contribution in [0.15, 0.2) is 6.07 Å². The van der Waals surface area contributed by atoms with E-state index >= 15 is 0 Å². The number of hydrogen-bond donors (Lipinski definition) is 2. The molecule has 1 aromatic rings. The molecule has 0 spiro atoms. The number of nitrogens with one attached hydrogen (secondary N) is 1. The number of nitrogens with two attached hydrogens (primary N) is 1. The van der Waals surface area contributed by atoms with E-state index in [1.165, 1.54) is 0 Å². The number of anilines is 1. The Morgan fingerprint density at radius 1 is 1.46 bits per heavy atom. The lowest BCUT2D eigenvalue weighted by atomic mass is 10.3. The number of rotatable bonds is 4. The van der Waals surface area contributed by atoms with Gasteiger partial charge in [-0.05, 0) is 13.3 Å². The van der Waals surface area contributed by atoms with E-state index in [1.807, 2.05) is 13.0 Å². The minimum Gasteiger partial charge on any atom is -0.370 e. The molecule has 0 amide bonds. The fraction of sp³-hybridized carbons (Fsp3) is 0.556. The van der Waals surface area contributed by atoms with Crippen molar-refractivity contribution in [2.75, 3.05) is 11.9 Å². The molecule has 0 aliphatic rings. The van der Waals surface area contributed by atoms with E-state index in [-0.39, 0.29) is 0 Å². The number of nitrogens with zero attached hydrogens (tertiary/aromatic N) is 2. The van der Waals surface area contributed by atoms with Crippen LogP contribution in [-0.4, -0.2) is 16.5 Å². The van der Waals surface area contributed by atoms with Crippen molar-refractivity contribution in [1.82, 2.24) is 9.97 Å². The van der Waals surface area contributed by atoms with Gasteiger partial charge in [-0.3, -0.25) is 0 Å². The SMILES string of the molecule is CCCNc1cc(CN)nc(C)n1. The molecule has 3 N–H and O–H groups in total. The third-order valence-electron chi connectivity index (χ3n) is 1.66. The Balaban J connectivity index is 2.76. The van der Waals surface area contributed by atoms with Gasteiger partial charge in [0.15, 0.2) is 0 Å². The summed E-state index contributed by atoms with van der Waals surface area (Å²) in [7, 11) is 0. The van der Waals surface area contributed by atoms with E-state index in [4.69, 9.17) is 5.73 Å². The van der Waals surface area contributed by atoms with Crippen LogP contribution in [0.5, 0.6) is 0 Å². The van der Waals surface area contributed by atoms with Crippen molar-refractivity contribution in [3.63, 3.8) is 0 Å². The lowest BCUT2D eigenvalue weighted by Crippen LogP contribution is -2.07. The van der Waals surface area contributed by atoms with Gasteiger partial charge >= 0.3 is 0 Å². The lowest BCUT2D eigenvalue weighted by Gasteiger charge is -2.05. The first-order valence-electron chi connectivity index (χ1n) is 4.54. The van der Waals surface area contributed by atoms with Gasteiger partial charge in [-0.25, -0.2) is 9.97 Å². The highest BCUT2D eigenvalue weighted by molar-refractivity contribution is 5.35. The second-order valence-electron chi connectivity index (χ2n) is 2.92. The smallest absolute Gasteiger partial charge is 0.129 e. The van der Waals surface area contributed by atoms with Crippen LogP contribution in [0, 0.1) is 6.92 Å². The molecule has 0 saturated heterocycles. The summed E-state index contributed by atoms with van der Waals surface area (Å²) in [5.41, 5.74) is 6.38. The lowest BCUT2D eigenvalue weighted by molar-refractivity contribution is 0.909. The molecule has 0 fully saturated rings. The Labute approximate surface area is 78.6 Å². The maximum Gasteiger partial charge on any atom is 0.129 e. The zero-order valence-corrected chi connectivity index (χ0v) is 8.17. The quantitative estimate of drug-likeness (QED) is 0.727. The summed E-state index contributed by atoms with van der Waals surface area (Å²) < 4.78 is 0. The maximum atomic E-state index is 5.50. The van der Waals surface area contributed by atoms with E-state index in [9.17, 15) is 0 Å². The molecule has 4 nitrogen and oxygen atoms in total. The standard InChI is InChI=1S/C9H16N4/c1-3-4-11-9-5-8(6-10)12-7(2)13-9/h5H,3-4,6,10H2,1-2H3,(H,11,12,13). The van der Waals surface area contributed by atoms with E-state index in [2.05, 4.69) is 22.2 Å². The summed E-state index contributed by atoms with van der Waals surface area (Å²) in [6.45, 7) is 5.38. The first-order chi connectivity index (χ1) is 6.26. The summed E-state index contributed by atoms with van der Waals surface area (Å²) >= 11 is 0. The van der Waals surface area contributed by atoms with Gasteiger partial charge < -0.3 is 11.1 Å². The Kier molecular flexibility index (Phi) is 3.64. The van der Waals surface area contributed by atoms with Crippen LogP contribution in [-0.2, 0) is 6.54 Å². The molecular weight excluding hydrogens is 164 g/mol. The molecule has 0 aromatic carbocycles. The molecule has 0 aliphatic heterocycles. The first-order valence-corrected chi connectivity index (χ1v) is 4.54. The van der Waals surface area contributed by atoms with Gasteiger partial charge in [0.2, 0.25) is 0 Å². The van der Waals surface area contributed by atoms with Crippen molar-refractivity contribution in [3.8, 4) is 0 Å². The molecule has 1 aromatic heterocycles. The molecule has 0 aliphatic carbocycles. The second-order valence-corrected chi connectivity index (χ2v) is 2.92. The molecule has 0 unspecified atom stereocenters. The van der Waals surface area contributed by atoms with Gasteiger partial charge in [0, 0.05) is 19.2 Å². The van der Waals surface area contributed by atoms with Gasteiger partial charge in [-0.2, -0.15) is 0 Å². The predicted molar refractivity (Wildman–Crippen MR) is 53.4 cm³/mol. The Morgan fingerprint density at radius 3 is 2.85 bits per heavy atom. The van der Waals surface area contributed by atoms with Crippen LogP contribution in [0.4, 0.5) is 5.82 Å². The minimum atomic E-state index is 0.462. The highest BCUT2D eigenvalue weighted by atomic mass is 15.0.